The highest BCUT2D eigenvalue weighted by molar-refractivity contribution is 5.86. The van der Waals surface area contributed by atoms with Crippen LogP contribution in [0, 0.1) is 5.82 Å². The van der Waals surface area contributed by atoms with Gasteiger partial charge in [-0.2, -0.15) is 10.1 Å². The Morgan fingerprint density at radius 3 is 2.64 bits per heavy atom. The van der Waals surface area contributed by atoms with E-state index in [1.54, 1.807) is 16.9 Å². The largest absolute Gasteiger partial charge is 0.395 e. The molecule has 0 saturated carbocycles. The van der Waals surface area contributed by atoms with E-state index in [9.17, 15) is 0 Å². The van der Waals surface area contributed by atoms with Crippen LogP contribution in [-0.4, -0.2) is 80.5 Å². The Bertz CT molecular complexity index is 1060. The summed E-state index contributed by atoms with van der Waals surface area (Å²) >= 11 is 0. The molecule has 10 heteroatoms. The summed E-state index contributed by atoms with van der Waals surface area (Å²) in [5.74, 6) is 0.571. The van der Waals surface area contributed by atoms with E-state index in [1.165, 1.54) is 0 Å². The molecular formula is C23H33FN8O. The summed E-state index contributed by atoms with van der Waals surface area (Å²) in [5, 5.41) is 16.8. The minimum absolute atomic E-state index is 0.189. The Balaban J connectivity index is 1.46. The van der Waals surface area contributed by atoms with Crippen molar-refractivity contribution in [1.29, 1.82) is 0 Å². The van der Waals surface area contributed by atoms with E-state index < -0.39 is 0 Å². The van der Waals surface area contributed by atoms with Gasteiger partial charge in [0.2, 0.25) is 5.95 Å². The van der Waals surface area contributed by atoms with Crippen molar-refractivity contribution < 1.29 is 9.50 Å². The van der Waals surface area contributed by atoms with E-state index in [1.807, 2.05) is 12.1 Å². The number of benzene rings is 1. The van der Waals surface area contributed by atoms with E-state index >= 15 is 4.39 Å². The molecule has 1 aliphatic rings. The minimum Gasteiger partial charge on any atom is -0.395 e. The highest BCUT2D eigenvalue weighted by Crippen LogP contribution is 2.23. The fourth-order valence-corrected chi connectivity index (χ4v) is 4.19. The first kappa shape index (κ1) is 23.3. The zero-order chi connectivity index (χ0) is 23.2. The van der Waals surface area contributed by atoms with Crippen LogP contribution in [0.3, 0.4) is 0 Å². The zero-order valence-corrected chi connectivity index (χ0v) is 19.2. The lowest BCUT2D eigenvalue weighted by atomic mass is 10.1. The molecular weight excluding hydrogens is 423 g/mol. The van der Waals surface area contributed by atoms with Gasteiger partial charge < -0.3 is 16.2 Å². The number of hydrogen-bond donors (Lipinski definition) is 3. The van der Waals surface area contributed by atoms with Gasteiger partial charge in [0.05, 0.1) is 19.3 Å². The van der Waals surface area contributed by atoms with Crippen LogP contribution in [0.25, 0.3) is 11.0 Å². The van der Waals surface area contributed by atoms with Crippen LogP contribution in [0.1, 0.15) is 30.9 Å². The number of anilines is 2. The number of hydrogen-bond acceptors (Lipinski definition) is 8. The number of halogens is 1. The van der Waals surface area contributed by atoms with Crippen LogP contribution in [0.5, 0.6) is 0 Å². The molecule has 4 rings (SSSR count). The van der Waals surface area contributed by atoms with Crippen molar-refractivity contribution in [3.63, 3.8) is 0 Å². The average molecular weight is 457 g/mol. The molecule has 2 aromatic heterocycles. The first-order valence-electron chi connectivity index (χ1n) is 11.6. The maximum atomic E-state index is 15.0. The van der Waals surface area contributed by atoms with Gasteiger partial charge in [-0.3, -0.25) is 14.5 Å². The third kappa shape index (κ3) is 5.76. The summed E-state index contributed by atoms with van der Waals surface area (Å²) in [6, 6.07) is 5.44. The van der Waals surface area contributed by atoms with E-state index in [-0.39, 0.29) is 24.9 Å². The van der Waals surface area contributed by atoms with E-state index in [2.05, 4.69) is 37.1 Å². The molecule has 0 spiro atoms. The van der Waals surface area contributed by atoms with Crippen LogP contribution >= 0.6 is 0 Å². The fraction of sp³-hybridized carbons (Fsp3) is 0.522. The molecule has 0 unspecified atom stereocenters. The van der Waals surface area contributed by atoms with Gasteiger partial charge in [0.15, 0.2) is 5.82 Å². The van der Waals surface area contributed by atoms with E-state index in [0.717, 1.165) is 56.6 Å². The fourth-order valence-electron chi connectivity index (χ4n) is 4.19. The summed E-state index contributed by atoms with van der Waals surface area (Å²) in [6.45, 7) is 8.48. The Kier molecular flexibility index (Phi) is 7.69. The molecule has 1 aromatic carbocycles. The molecule has 0 atom stereocenters. The van der Waals surface area contributed by atoms with Crippen molar-refractivity contribution in [3.8, 4) is 0 Å². The number of aliphatic hydroxyl groups is 1. The third-order valence-electron chi connectivity index (χ3n) is 6.05. The first-order valence-corrected chi connectivity index (χ1v) is 11.6. The number of β-amino-alcohol motifs (C(OH)–C–C–N with tert-alkyl or cyclic N) is 1. The van der Waals surface area contributed by atoms with Crippen molar-refractivity contribution in [2.75, 3.05) is 56.9 Å². The van der Waals surface area contributed by atoms with Gasteiger partial charge in [-0.1, -0.05) is 25.5 Å². The molecule has 33 heavy (non-hydrogen) atoms. The maximum Gasteiger partial charge on any atom is 0.222 e. The SMILES string of the molecule is CCCCNc1nc(N)nc2cnn(Cc3ccc(CN4CCN(CCO)CC4)cc3F)c12. The van der Waals surface area contributed by atoms with E-state index in [4.69, 9.17) is 10.8 Å². The Morgan fingerprint density at radius 2 is 1.91 bits per heavy atom. The molecule has 0 aliphatic carbocycles. The molecule has 1 saturated heterocycles. The number of piperazine rings is 1. The lowest BCUT2D eigenvalue weighted by Gasteiger charge is -2.34. The summed E-state index contributed by atoms with van der Waals surface area (Å²) in [6.07, 6.45) is 3.71. The molecule has 9 nitrogen and oxygen atoms in total. The molecule has 3 aromatic rings. The number of aromatic nitrogens is 4. The number of aliphatic hydroxyl groups excluding tert-OH is 1. The Labute approximate surface area is 193 Å². The average Bonchev–Trinajstić information content (AvgIpc) is 3.20. The quantitative estimate of drug-likeness (QED) is 0.397. The van der Waals surface area contributed by atoms with Gasteiger partial charge in [0, 0.05) is 51.4 Å². The summed E-state index contributed by atoms with van der Waals surface area (Å²) in [5.41, 5.74) is 8.73. The number of rotatable bonds is 10. The zero-order valence-electron chi connectivity index (χ0n) is 19.2. The van der Waals surface area contributed by atoms with Crippen LogP contribution in [0.15, 0.2) is 24.4 Å². The van der Waals surface area contributed by atoms with Crippen LogP contribution in [0.4, 0.5) is 16.2 Å². The molecule has 4 N–H and O–H groups in total. The number of unbranched alkanes of at least 4 members (excludes halogenated alkanes) is 1. The normalized spacial score (nSPS) is 15.4. The van der Waals surface area contributed by atoms with Gasteiger partial charge in [0.1, 0.15) is 16.9 Å². The van der Waals surface area contributed by atoms with Crippen LogP contribution in [-0.2, 0) is 13.1 Å². The second-order valence-electron chi connectivity index (χ2n) is 8.51. The second-order valence-corrected chi connectivity index (χ2v) is 8.51. The van der Waals surface area contributed by atoms with Crippen LogP contribution < -0.4 is 11.1 Å². The summed E-state index contributed by atoms with van der Waals surface area (Å²) < 4.78 is 16.7. The first-order chi connectivity index (χ1) is 16.1. The van der Waals surface area contributed by atoms with Crippen LogP contribution in [0.2, 0.25) is 0 Å². The Morgan fingerprint density at radius 1 is 1.12 bits per heavy atom. The molecule has 178 valence electrons. The number of nitrogens with one attached hydrogen (secondary N) is 1. The van der Waals surface area contributed by atoms with Crippen molar-refractivity contribution in [3.05, 3.63) is 41.3 Å². The number of nitrogens with zero attached hydrogens (tertiary/aromatic N) is 6. The maximum absolute atomic E-state index is 15.0. The van der Waals surface area contributed by atoms with Gasteiger partial charge >= 0.3 is 0 Å². The molecule has 1 fully saturated rings. The molecule has 3 heterocycles. The standard InChI is InChI=1S/C23H33FN8O/c1-2-3-6-26-22-21-20(28-23(25)29-22)14-27-32(21)16-18-5-4-17(13-19(18)24)15-31-9-7-30(8-10-31)11-12-33/h4-5,13-14,33H,2-3,6-12,15-16H2,1H3,(H3,25,26,28,29). The van der Waals surface area contributed by atoms with E-state index in [0.29, 0.717) is 30.0 Å². The molecule has 0 radical (unpaired) electrons. The molecule has 0 bridgehead atoms. The summed E-state index contributed by atoms with van der Waals surface area (Å²) in [4.78, 5) is 13.2. The number of nitrogen functional groups attached to an aromatic ring is 1. The van der Waals surface area contributed by atoms with Crippen molar-refractivity contribution in [2.45, 2.75) is 32.9 Å². The van der Waals surface area contributed by atoms with Gasteiger partial charge in [-0.15, -0.1) is 0 Å². The Hall–Kier alpha value is -2.82. The lowest BCUT2D eigenvalue weighted by Crippen LogP contribution is -2.46. The molecule has 1 aliphatic heterocycles. The predicted molar refractivity (Wildman–Crippen MR) is 127 cm³/mol. The highest BCUT2D eigenvalue weighted by atomic mass is 19.1. The van der Waals surface area contributed by atoms with Gasteiger partial charge in [-0.25, -0.2) is 9.37 Å². The predicted octanol–water partition coefficient (Wildman–Crippen LogP) is 1.92. The molecule has 0 amide bonds. The van der Waals surface area contributed by atoms with Crippen molar-refractivity contribution in [2.24, 2.45) is 0 Å². The lowest BCUT2D eigenvalue weighted by molar-refractivity contribution is 0.108. The highest BCUT2D eigenvalue weighted by Gasteiger charge is 2.18. The smallest absolute Gasteiger partial charge is 0.222 e. The van der Waals surface area contributed by atoms with Gasteiger partial charge in [0.25, 0.3) is 0 Å². The number of fused-ring (bicyclic) bond motifs is 1. The minimum atomic E-state index is -0.244. The monoisotopic (exact) mass is 456 g/mol. The topological polar surface area (TPSA) is 108 Å². The summed E-state index contributed by atoms with van der Waals surface area (Å²) in [7, 11) is 0. The van der Waals surface area contributed by atoms with Crippen molar-refractivity contribution >= 4 is 22.8 Å². The van der Waals surface area contributed by atoms with Gasteiger partial charge in [-0.05, 0) is 18.1 Å². The second kappa shape index (κ2) is 10.9. The number of nitrogens with two attached hydrogens (primary N) is 1. The third-order valence-corrected chi connectivity index (χ3v) is 6.05. The van der Waals surface area contributed by atoms with Crippen molar-refractivity contribution in [1.82, 2.24) is 29.5 Å².